The molecular formula is C24H22F4N2O8. The molecule has 1 aliphatic rings. The van der Waals surface area contributed by atoms with Crippen molar-refractivity contribution >= 4 is 23.8 Å². The van der Waals surface area contributed by atoms with E-state index in [4.69, 9.17) is 14.6 Å². The second-order valence-electron chi connectivity index (χ2n) is 8.06. The number of carbonyl (C=O) groups excluding carboxylic acids is 3. The van der Waals surface area contributed by atoms with Gasteiger partial charge in [0.15, 0.2) is 29.3 Å². The predicted molar refractivity (Wildman–Crippen MR) is 119 cm³/mol. The molecule has 2 aromatic rings. The summed E-state index contributed by atoms with van der Waals surface area (Å²) in [6.07, 6.45) is -2.98. The third kappa shape index (κ3) is 7.41. The Labute approximate surface area is 213 Å². The fourth-order valence-electron chi connectivity index (χ4n) is 3.39. The first-order chi connectivity index (χ1) is 18.1. The molecule has 1 aliphatic heterocycles. The van der Waals surface area contributed by atoms with Gasteiger partial charge in [0.25, 0.3) is 5.91 Å². The first-order valence-corrected chi connectivity index (χ1v) is 11.1. The van der Waals surface area contributed by atoms with Crippen molar-refractivity contribution in [1.29, 1.82) is 0 Å². The van der Waals surface area contributed by atoms with Crippen LogP contribution in [0.15, 0.2) is 36.4 Å². The number of carbonyl (C=O) groups is 4. The zero-order valence-corrected chi connectivity index (χ0v) is 19.6. The quantitative estimate of drug-likeness (QED) is 0.345. The molecule has 2 amide bonds. The third-order valence-corrected chi connectivity index (χ3v) is 5.34. The lowest BCUT2D eigenvalue weighted by molar-refractivity contribution is -0.143. The van der Waals surface area contributed by atoms with Crippen molar-refractivity contribution in [3.05, 3.63) is 65.2 Å². The summed E-state index contributed by atoms with van der Waals surface area (Å²) in [5.41, 5.74) is 0.737. The molecule has 1 saturated heterocycles. The highest BCUT2D eigenvalue weighted by Crippen LogP contribution is 2.26. The molecule has 2 aromatic carbocycles. The van der Waals surface area contributed by atoms with Gasteiger partial charge in [-0.25, -0.2) is 13.6 Å². The summed E-state index contributed by atoms with van der Waals surface area (Å²) >= 11 is 0. The Morgan fingerprint density at radius 3 is 2.37 bits per heavy atom. The molecule has 2 atom stereocenters. The van der Waals surface area contributed by atoms with Crippen LogP contribution in [0.1, 0.15) is 12.0 Å². The minimum atomic E-state index is -1.90. The van der Waals surface area contributed by atoms with Crippen LogP contribution in [0.2, 0.25) is 0 Å². The number of benzene rings is 2. The maximum absolute atomic E-state index is 13.8. The highest BCUT2D eigenvalue weighted by molar-refractivity contribution is 5.94. The smallest absolute Gasteiger partial charge is 0.410 e. The van der Waals surface area contributed by atoms with Gasteiger partial charge in [0.1, 0.15) is 19.3 Å². The van der Waals surface area contributed by atoms with E-state index in [9.17, 15) is 36.7 Å². The van der Waals surface area contributed by atoms with Crippen LogP contribution in [0, 0.1) is 23.3 Å². The van der Waals surface area contributed by atoms with E-state index in [2.05, 4.69) is 10.1 Å². The Hall–Kier alpha value is -4.20. The van der Waals surface area contributed by atoms with Gasteiger partial charge in [-0.1, -0.05) is 30.3 Å². The summed E-state index contributed by atoms with van der Waals surface area (Å²) in [6.45, 7) is -1.48. The SMILES string of the molecule is O=C(O)C[C@H](NC(=O)C1CN(C(=O)OCc2ccccc2)CCO1)C(=O)COc1c(F)c(F)cc(F)c1F. The highest BCUT2D eigenvalue weighted by atomic mass is 19.2. The molecule has 0 aromatic heterocycles. The Morgan fingerprint density at radius 2 is 1.74 bits per heavy atom. The number of hydrogen-bond acceptors (Lipinski definition) is 7. The molecule has 38 heavy (non-hydrogen) atoms. The van der Waals surface area contributed by atoms with Gasteiger partial charge >= 0.3 is 12.1 Å². The molecule has 0 bridgehead atoms. The molecule has 10 nitrogen and oxygen atoms in total. The number of aliphatic carboxylic acids is 1. The van der Waals surface area contributed by atoms with E-state index in [0.717, 1.165) is 5.56 Å². The number of halogens is 4. The summed E-state index contributed by atoms with van der Waals surface area (Å²) < 4.78 is 69.3. The van der Waals surface area contributed by atoms with Crippen LogP contribution in [0.25, 0.3) is 0 Å². The van der Waals surface area contributed by atoms with Crippen molar-refractivity contribution in [2.24, 2.45) is 0 Å². The Bertz CT molecular complexity index is 1170. The molecule has 1 unspecified atom stereocenters. The van der Waals surface area contributed by atoms with Gasteiger partial charge in [-0.05, 0) is 5.56 Å². The number of morpholine rings is 1. The average molecular weight is 542 g/mol. The largest absolute Gasteiger partial charge is 0.481 e. The Kier molecular flexibility index (Phi) is 9.60. The van der Waals surface area contributed by atoms with E-state index >= 15 is 0 Å². The van der Waals surface area contributed by atoms with Crippen LogP contribution in [0.5, 0.6) is 5.75 Å². The van der Waals surface area contributed by atoms with E-state index in [1.807, 2.05) is 0 Å². The van der Waals surface area contributed by atoms with Crippen LogP contribution < -0.4 is 10.1 Å². The minimum absolute atomic E-state index is 0.0144. The van der Waals surface area contributed by atoms with Crippen molar-refractivity contribution in [3.63, 3.8) is 0 Å². The Balaban J connectivity index is 1.60. The molecular weight excluding hydrogens is 520 g/mol. The van der Waals surface area contributed by atoms with Gasteiger partial charge in [0, 0.05) is 12.6 Å². The summed E-state index contributed by atoms with van der Waals surface area (Å²) in [5.74, 6) is -12.5. The number of hydrogen-bond donors (Lipinski definition) is 2. The van der Waals surface area contributed by atoms with Gasteiger partial charge in [-0.15, -0.1) is 0 Å². The molecule has 14 heteroatoms. The molecule has 0 aliphatic carbocycles. The maximum Gasteiger partial charge on any atom is 0.410 e. The van der Waals surface area contributed by atoms with Crippen LogP contribution >= 0.6 is 0 Å². The summed E-state index contributed by atoms with van der Waals surface area (Å²) in [5, 5.41) is 11.2. The van der Waals surface area contributed by atoms with Crippen LogP contribution in [0.4, 0.5) is 22.4 Å². The first-order valence-electron chi connectivity index (χ1n) is 11.1. The van der Waals surface area contributed by atoms with E-state index in [0.29, 0.717) is 0 Å². The van der Waals surface area contributed by atoms with Crippen molar-refractivity contribution in [3.8, 4) is 5.75 Å². The number of ketones is 1. The second-order valence-corrected chi connectivity index (χ2v) is 8.06. The molecule has 0 spiro atoms. The normalized spacial score (nSPS) is 15.9. The number of carboxylic acids is 1. The number of amides is 2. The standard InChI is InChI=1S/C24H22F4N2O8/c25-14-8-15(26)21(28)22(20(14)27)37-12-17(31)16(9-19(32)33)29-23(34)18-10-30(6-7-36-18)24(35)38-11-13-4-2-1-3-5-13/h1-5,8,16,18H,6-7,9-12H2,(H,29,34)(H,32,33)/t16-,18?/m0/s1. The number of nitrogens with one attached hydrogen (secondary N) is 1. The number of carboxylic acid groups (broad SMARTS) is 1. The van der Waals surface area contributed by atoms with Gasteiger partial charge in [-0.2, -0.15) is 8.78 Å². The summed E-state index contributed by atoms with van der Waals surface area (Å²) in [7, 11) is 0. The molecule has 204 valence electrons. The van der Waals surface area contributed by atoms with Crippen LogP contribution in [-0.4, -0.2) is 72.2 Å². The monoisotopic (exact) mass is 542 g/mol. The third-order valence-electron chi connectivity index (χ3n) is 5.34. The molecule has 0 radical (unpaired) electrons. The zero-order chi connectivity index (χ0) is 27.8. The Morgan fingerprint density at radius 1 is 1.08 bits per heavy atom. The number of Topliss-reactive ketones (excluding diaryl/α,β-unsaturated/α-hetero) is 1. The lowest BCUT2D eigenvalue weighted by atomic mass is 10.1. The number of nitrogens with zero attached hydrogens (tertiary/aromatic N) is 1. The van der Waals surface area contributed by atoms with E-state index in [-0.39, 0.29) is 32.4 Å². The highest BCUT2D eigenvalue weighted by Gasteiger charge is 2.33. The van der Waals surface area contributed by atoms with E-state index in [1.165, 1.54) is 4.90 Å². The van der Waals surface area contributed by atoms with E-state index < -0.39 is 77.9 Å². The van der Waals surface area contributed by atoms with Crippen LogP contribution in [-0.2, 0) is 30.5 Å². The van der Waals surface area contributed by atoms with Crippen molar-refractivity contribution in [1.82, 2.24) is 10.2 Å². The predicted octanol–water partition coefficient (Wildman–Crippen LogP) is 2.19. The van der Waals surface area contributed by atoms with Crippen LogP contribution in [0.3, 0.4) is 0 Å². The fourth-order valence-corrected chi connectivity index (χ4v) is 3.39. The number of rotatable bonds is 10. The summed E-state index contributed by atoms with van der Waals surface area (Å²) in [4.78, 5) is 50.0. The topological polar surface area (TPSA) is 131 Å². The fraction of sp³-hybridized carbons (Fsp3) is 0.333. The molecule has 1 heterocycles. The first kappa shape index (κ1) is 28.4. The maximum atomic E-state index is 13.8. The summed E-state index contributed by atoms with van der Waals surface area (Å²) in [6, 6.07) is 7.01. The average Bonchev–Trinajstić information content (AvgIpc) is 2.90. The number of ether oxygens (including phenoxy) is 3. The van der Waals surface area contributed by atoms with Gasteiger partial charge in [0.05, 0.1) is 19.6 Å². The molecule has 0 saturated carbocycles. The molecule has 2 N–H and O–H groups in total. The lowest BCUT2D eigenvalue weighted by Gasteiger charge is -2.32. The minimum Gasteiger partial charge on any atom is -0.481 e. The van der Waals surface area contributed by atoms with Gasteiger partial charge in [0.2, 0.25) is 11.6 Å². The molecule has 3 rings (SSSR count). The van der Waals surface area contributed by atoms with Gasteiger partial charge < -0.3 is 29.5 Å². The van der Waals surface area contributed by atoms with Gasteiger partial charge in [-0.3, -0.25) is 14.4 Å². The van der Waals surface area contributed by atoms with Crippen molar-refractivity contribution in [2.75, 3.05) is 26.3 Å². The van der Waals surface area contributed by atoms with Crippen molar-refractivity contribution < 1.29 is 56.1 Å². The molecule has 1 fully saturated rings. The lowest BCUT2D eigenvalue weighted by Crippen LogP contribution is -2.55. The van der Waals surface area contributed by atoms with E-state index in [1.54, 1.807) is 30.3 Å². The second kappa shape index (κ2) is 12.9. The zero-order valence-electron chi connectivity index (χ0n) is 19.6. The van der Waals surface area contributed by atoms with Crippen molar-refractivity contribution in [2.45, 2.75) is 25.2 Å².